The van der Waals surface area contributed by atoms with Crippen LogP contribution in [-0.2, 0) is 5.75 Å². The fraction of sp³-hybridized carbons (Fsp3) is 0.0714. The topological polar surface area (TPSA) is 58.6 Å². The van der Waals surface area contributed by atoms with E-state index in [9.17, 15) is 0 Å². The van der Waals surface area contributed by atoms with Crippen LogP contribution >= 0.6 is 11.8 Å². The first-order valence-corrected chi connectivity index (χ1v) is 6.53. The van der Waals surface area contributed by atoms with E-state index < -0.39 is 0 Å². The summed E-state index contributed by atoms with van der Waals surface area (Å²) >= 11 is 1.78. The van der Waals surface area contributed by atoms with Gasteiger partial charge in [-0.05, 0) is 17.7 Å². The number of hydrogen-bond acceptors (Lipinski definition) is 3. The number of rotatable bonds is 4. The lowest BCUT2D eigenvalue weighted by atomic mass is 10.1. The Hall–Kier alpha value is -1.94. The molecule has 0 amide bonds. The molecule has 18 heavy (non-hydrogen) atoms. The van der Waals surface area contributed by atoms with Gasteiger partial charge in [0.1, 0.15) is 0 Å². The molecule has 0 spiro atoms. The van der Waals surface area contributed by atoms with Crippen molar-refractivity contribution in [3.8, 4) is 0 Å². The number of nitrogens with zero attached hydrogens (tertiary/aromatic N) is 1. The molecule has 2 aromatic carbocycles. The van der Waals surface area contributed by atoms with Gasteiger partial charge in [-0.3, -0.25) is 0 Å². The van der Waals surface area contributed by atoms with Gasteiger partial charge in [-0.2, -0.15) is 0 Å². The van der Waals surface area contributed by atoms with E-state index in [1.54, 1.807) is 11.8 Å². The highest BCUT2D eigenvalue weighted by Crippen LogP contribution is 2.22. The van der Waals surface area contributed by atoms with E-state index in [-0.39, 0.29) is 5.84 Å². The number of amidine groups is 1. The highest BCUT2D eigenvalue weighted by Gasteiger charge is 2.00. The lowest BCUT2D eigenvalue weighted by molar-refractivity contribution is 0.318. The van der Waals surface area contributed by atoms with Gasteiger partial charge in [-0.15, -0.1) is 11.8 Å². The molecule has 0 saturated heterocycles. The Bertz CT molecular complexity index is 523. The van der Waals surface area contributed by atoms with Crippen LogP contribution < -0.4 is 5.73 Å². The first-order valence-electron chi connectivity index (χ1n) is 5.54. The molecule has 2 aromatic rings. The van der Waals surface area contributed by atoms with Crippen LogP contribution in [0, 0.1) is 0 Å². The lowest BCUT2D eigenvalue weighted by Gasteiger charge is -2.03. The van der Waals surface area contributed by atoms with Crippen molar-refractivity contribution in [1.29, 1.82) is 0 Å². The van der Waals surface area contributed by atoms with Crippen molar-refractivity contribution in [3.63, 3.8) is 0 Å². The van der Waals surface area contributed by atoms with Gasteiger partial charge in [0.05, 0.1) is 0 Å². The summed E-state index contributed by atoms with van der Waals surface area (Å²) in [6.45, 7) is 0. The smallest absolute Gasteiger partial charge is 0.170 e. The molecule has 3 nitrogen and oxygen atoms in total. The summed E-state index contributed by atoms with van der Waals surface area (Å²) in [5.41, 5.74) is 7.44. The first-order chi connectivity index (χ1) is 8.79. The monoisotopic (exact) mass is 258 g/mol. The molecule has 4 heteroatoms. The van der Waals surface area contributed by atoms with Crippen LogP contribution in [0.2, 0.25) is 0 Å². The SMILES string of the molecule is N/C(=N\O)c1ccc(CSc2ccccc2)cc1. The molecule has 0 atom stereocenters. The Labute approximate surface area is 110 Å². The Morgan fingerprint density at radius 3 is 2.33 bits per heavy atom. The van der Waals surface area contributed by atoms with E-state index in [0.717, 1.165) is 11.3 Å². The average molecular weight is 258 g/mol. The zero-order chi connectivity index (χ0) is 12.8. The van der Waals surface area contributed by atoms with Gasteiger partial charge in [0, 0.05) is 16.2 Å². The van der Waals surface area contributed by atoms with E-state index >= 15 is 0 Å². The summed E-state index contributed by atoms with van der Waals surface area (Å²) in [4.78, 5) is 1.25. The van der Waals surface area contributed by atoms with Crippen molar-refractivity contribution in [1.82, 2.24) is 0 Å². The molecule has 0 fully saturated rings. The lowest BCUT2D eigenvalue weighted by Crippen LogP contribution is -2.12. The van der Waals surface area contributed by atoms with Crippen LogP contribution in [0.4, 0.5) is 0 Å². The van der Waals surface area contributed by atoms with Gasteiger partial charge in [0.15, 0.2) is 5.84 Å². The molecule has 2 rings (SSSR count). The average Bonchev–Trinajstić information content (AvgIpc) is 2.46. The van der Waals surface area contributed by atoms with Crippen molar-refractivity contribution in [2.75, 3.05) is 0 Å². The number of hydrogen-bond donors (Lipinski definition) is 2. The number of benzene rings is 2. The maximum atomic E-state index is 8.57. The molecular formula is C14H14N2OS. The van der Waals surface area contributed by atoms with Crippen molar-refractivity contribution in [2.24, 2.45) is 10.9 Å². The van der Waals surface area contributed by atoms with Gasteiger partial charge in [0.25, 0.3) is 0 Å². The third-order valence-electron chi connectivity index (χ3n) is 2.51. The van der Waals surface area contributed by atoms with Crippen molar-refractivity contribution in [2.45, 2.75) is 10.6 Å². The summed E-state index contributed by atoms with van der Waals surface area (Å²) in [6.07, 6.45) is 0. The van der Waals surface area contributed by atoms with Crippen LogP contribution in [0.15, 0.2) is 64.6 Å². The van der Waals surface area contributed by atoms with Crippen molar-refractivity contribution in [3.05, 3.63) is 65.7 Å². The molecule has 0 heterocycles. The van der Waals surface area contributed by atoms with E-state index in [0.29, 0.717) is 0 Å². The Balaban J connectivity index is 1.99. The highest BCUT2D eigenvalue weighted by molar-refractivity contribution is 7.98. The van der Waals surface area contributed by atoms with Gasteiger partial charge in [-0.1, -0.05) is 47.6 Å². The predicted octanol–water partition coefficient (Wildman–Crippen LogP) is 3.07. The molecule has 92 valence electrons. The van der Waals surface area contributed by atoms with E-state index in [4.69, 9.17) is 10.9 Å². The third-order valence-corrected chi connectivity index (χ3v) is 3.59. The minimum absolute atomic E-state index is 0.136. The van der Waals surface area contributed by atoms with Gasteiger partial charge in [-0.25, -0.2) is 0 Å². The fourth-order valence-electron chi connectivity index (χ4n) is 1.51. The Kier molecular flexibility index (Phi) is 4.25. The van der Waals surface area contributed by atoms with Crippen molar-refractivity contribution >= 4 is 17.6 Å². The number of oxime groups is 1. The van der Waals surface area contributed by atoms with Crippen molar-refractivity contribution < 1.29 is 5.21 Å². The summed E-state index contributed by atoms with van der Waals surface area (Å²) in [5.74, 6) is 1.04. The van der Waals surface area contributed by atoms with Gasteiger partial charge in [0.2, 0.25) is 0 Å². The predicted molar refractivity (Wildman–Crippen MR) is 75.0 cm³/mol. The van der Waals surface area contributed by atoms with E-state index in [1.165, 1.54) is 10.5 Å². The molecule has 3 N–H and O–H groups in total. The molecule has 0 aromatic heterocycles. The third kappa shape index (κ3) is 3.28. The molecular weight excluding hydrogens is 244 g/mol. The van der Waals surface area contributed by atoms with Crippen LogP contribution in [0.1, 0.15) is 11.1 Å². The first kappa shape index (κ1) is 12.5. The zero-order valence-corrected chi connectivity index (χ0v) is 10.6. The largest absolute Gasteiger partial charge is 0.409 e. The Morgan fingerprint density at radius 2 is 1.72 bits per heavy atom. The normalized spacial score (nSPS) is 11.4. The maximum absolute atomic E-state index is 8.57. The summed E-state index contributed by atoms with van der Waals surface area (Å²) in [5, 5.41) is 11.5. The minimum atomic E-state index is 0.136. The van der Waals surface area contributed by atoms with Crippen LogP contribution in [-0.4, -0.2) is 11.0 Å². The maximum Gasteiger partial charge on any atom is 0.170 e. The molecule has 0 aliphatic carbocycles. The van der Waals surface area contributed by atoms with Gasteiger partial charge >= 0.3 is 0 Å². The van der Waals surface area contributed by atoms with E-state index in [1.807, 2.05) is 42.5 Å². The summed E-state index contributed by atoms with van der Waals surface area (Å²) in [7, 11) is 0. The van der Waals surface area contributed by atoms with Gasteiger partial charge < -0.3 is 10.9 Å². The summed E-state index contributed by atoms with van der Waals surface area (Å²) in [6, 6.07) is 18.0. The molecule has 0 unspecified atom stereocenters. The molecule has 0 aliphatic heterocycles. The Morgan fingerprint density at radius 1 is 1.06 bits per heavy atom. The second kappa shape index (κ2) is 6.12. The quantitative estimate of drug-likeness (QED) is 0.291. The molecule has 0 bridgehead atoms. The van der Waals surface area contributed by atoms with Crippen LogP contribution in [0.3, 0.4) is 0 Å². The highest BCUT2D eigenvalue weighted by atomic mass is 32.2. The fourth-order valence-corrected chi connectivity index (χ4v) is 2.39. The second-order valence-corrected chi connectivity index (χ2v) is 4.83. The second-order valence-electron chi connectivity index (χ2n) is 3.78. The standard InChI is InChI=1S/C14H14N2OS/c15-14(16-17)12-8-6-11(7-9-12)10-18-13-4-2-1-3-5-13/h1-9,17H,10H2,(H2,15,16). The van der Waals surface area contributed by atoms with E-state index in [2.05, 4.69) is 17.3 Å². The number of nitrogens with two attached hydrogens (primary N) is 1. The van der Waals surface area contributed by atoms with Crippen LogP contribution in [0.5, 0.6) is 0 Å². The molecule has 0 radical (unpaired) electrons. The zero-order valence-electron chi connectivity index (χ0n) is 9.78. The molecule has 0 saturated carbocycles. The number of thioether (sulfide) groups is 1. The van der Waals surface area contributed by atoms with Crippen LogP contribution in [0.25, 0.3) is 0 Å². The summed E-state index contributed by atoms with van der Waals surface area (Å²) < 4.78 is 0. The molecule has 0 aliphatic rings. The minimum Gasteiger partial charge on any atom is -0.409 e.